The number of thiol groups is 1. The second-order valence-corrected chi connectivity index (χ2v) is 4.10. The highest BCUT2D eigenvalue weighted by Crippen LogP contribution is 2.28. The molecule has 0 N–H and O–H groups in total. The van der Waals surface area contributed by atoms with E-state index in [4.69, 9.17) is 4.42 Å². The van der Waals surface area contributed by atoms with Crippen molar-refractivity contribution in [2.24, 2.45) is 0 Å². The molecular formula is C13H14OS. The van der Waals surface area contributed by atoms with Gasteiger partial charge in [-0.2, -0.15) is 0 Å². The van der Waals surface area contributed by atoms with Gasteiger partial charge in [0.2, 0.25) is 0 Å². The first kappa shape index (κ1) is 10.4. The second kappa shape index (κ2) is 4.15. The maximum Gasteiger partial charge on any atom is 0.135 e. The van der Waals surface area contributed by atoms with E-state index in [0.717, 1.165) is 28.0 Å². The third-order valence-electron chi connectivity index (χ3n) is 2.46. The number of rotatable bonds is 2. The molecule has 78 valence electrons. The molecule has 0 atom stereocenters. The summed E-state index contributed by atoms with van der Waals surface area (Å²) in [7, 11) is 0. The Balaban J connectivity index is 2.59. The van der Waals surface area contributed by atoms with Crippen molar-refractivity contribution in [3.8, 4) is 0 Å². The highest BCUT2D eigenvalue weighted by molar-refractivity contribution is 7.80. The lowest BCUT2D eigenvalue weighted by atomic mass is 10.1. The van der Waals surface area contributed by atoms with Crippen LogP contribution in [0, 0.1) is 6.92 Å². The smallest absolute Gasteiger partial charge is 0.135 e. The van der Waals surface area contributed by atoms with E-state index in [-0.39, 0.29) is 0 Å². The zero-order chi connectivity index (χ0) is 10.8. The molecule has 1 heterocycles. The van der Waals surface area contributed by atoms with Crippen molar-refractivity contribution in [3.63, 3.8) is 0 Å². The Labute approximate surface area is 95.2 Å². The summed E-state index contributed by atoms with van der Waals surface area (Å²) in [6.07, 6.45) is 5.16. The Morgan fingerprint density at radius 2 is 2.20 bits per heavy atom. The molecule has 2 aromatic rings. The van der Waals surface area contributed by atoms with E-state index < -0.39 is 0 Å². The number of benzene rings is 1. The maximum atomic E-state index is 5.74. The first-order valence-corrected chi connectivity index (χ1v) is 5.55. The molecule has 0 spiro atoms. The number of fused-ring (bicyclic) bond motifs is 1. The summed E-state index contributed by atoms with van der Waals surface area (Å²) in [5, 5.41) is 1.15. The Morgan fingerprint density at radius 1 is 1.40 bits per heavy atom. The average molecular weight is 218 g/mol. The van der Waals surface area contributed by atoms with Crippen molar-refractivity contribution in [2.45, 2.75) is 25.2 Å². The zero-order valence-electron chi connectivity index (χ0n) is 8.95. The third-order valence-corrected chi connectivity index (χ3v) is 2.74. The molecule has 0 aliphatic rings. The molecule has 0 saturated heterocycles. The summed E-state index contributed by atoms with van der Waals surface area (Å²) in [4.78, 5) is 0.970. The molecular weight excluding hydrogens is 204 g/mol. The Morgan fingerprint density at radius 3 is 2.93 bits per heavy atom. The second-order valence-electron chi connectivity index (χ2n) is 3.58. The first-order chi connectivity index (χ1) is 7.22. The van der Waals surface area contributed by atoms with Gasteiger partial charge in [0.15, 0.2) is 0 Å². The van der Waals surface area contributed by atoms with Gasteiger partial charge in [-0.05, 0) is 37.6 Å². The van der Waals surface area contributed by atoms with Crippen LogP contribution in [0.25, 0.3) is 17.0 Å². The molecule has 0 radical (unpaired) electrons. The Hall–Kier alpha value is -1.15. The van der Waals surface area contributed by atoms with Crippen LogP contribution < -0.4 is 0 Å². The summed E-state index contributed by atoms with van der Waals surface area (Å²) in [6.45, 7) is 4.19. The molecule has 1 aromatic carbocycles. The molecule has 0 aliphatic heterocycles. The average Bonchev–Trinajstić information content (AvgIpc) is 2.53. The molecule has 0 saturated carbocycles. The van der Waals surface area contributed by atoms with Gasteiger partial charge in [0.25, 0.3) is 0 Å². The predicted molar refractivity (Wildman–Crippen MR) is 67.5 cm³/mol. The van der Waals surface area contributed by atoms with E-state index >= 15 is 0 Å². The quantitative estimate of drug-likeness (QED) is 0.735. The fraction of sp³-hybridized carbons (Fsp3) is 0.231. The van der Waals surface area contributed by atoms with Gasteiger partial charge in [0.05, 0.1) is 0 Å². The van der Waals surface area contributed by atoms with Crippen LogP contribution in [-0.4, -0.2) is 0 Å². The van der Waals surface area contributed by atoms with E-state index in [9.17, 15) is 0 Å². The fourth-order valence-electron chi connectivity index (χ4n) is 1.61. The summed E-state index contributed by atoms with van der Waals surface area (Å²) < 4.78 is 5.74. The topological polar surface area (TPSA) is 13.1 Å². The molecule has 1 nitrogen and oxygen atoms in total. The van der Waals surface area contributed by atoms with Gasteiger partial charge in [-0.25, -0.2) is 0 Å². The van der Waals surface area contributed by atoms with Crippen molar-refractivity contribution in [2.75, 3.05) is 0 Å². The number of hydrogen-bond acceptors (Lipinski definition) is 2. The standard InChI is InChI=1S/C13H14OS/c1-3-4-5-12-9(2)11-8-10(15)6-7-13(11)14-12/h4-8,15H,3H2,1-2H3/b5-4-. The highest BCUT2D eigenvalue weighted by Gasteiger charge is 2.07. The van der Waals surface area contributed by atoms with Gasteiger partial charge in [-0.3, -0.25) is 0 Å². The Bertz CT molecular complexity index is 508. The summed E-state index contributed by atoms with van der Waals surface area (Å²) in [5.41, 5.74) is 2.12. The molecule has 0 amide bonds. The van der Waals surface area contributed by atoms with E-state index in [2.05, 4.69) is 32.6 Å². The van der Waals surface area contributed by atoms with Crippen LogP contribution in [0.2, 0.25) is 0 Å². The summed E-state index contributed by atoms with van der Waals surface area (Å²) in [6, 6.07) is 5.95. The fourth-order valence-corrected chi connectivity index (χ4v) is 1.82. The van der Waals surface area contributed by atoms with Crippen LogP contribution in [0.4, 0.5) is 0 Å². The van der Waals surface area contributed by atoms with Crippen molar-refractivity contribution in [1.82, 2.24) is 0 Å². The number of hydrogen-bond donors (Lipinski definition) is 1. The predicted octanol–water partition coefficient (Wildman–Crippen LogP) is 4.45. The normalized spacial score (nSPS) is 11.7. The number of furan rings is 1. The van der Waals surface area contributed by atoms with Gasteiger partial charge < -0.3 is 4.42 Å². The zero-order valence-corrected chi connectivity index (χ0v) is 9.84. The van der Waals surface area contributed by atoms with Crippen LogP contribution in [-0.2, 0) is 0 Å². The minimum absolute atomic E-state index is 0.932. The molecule has 2 heteroatoms. The van der Waals surface area contributed by atoms with E-state index in [1.165, 1.54) is 5.56 Å². The van der Waals surface area contributed by atoms with Gasteiger partial charge >= 0.3 is 0 Å². The minimum atomic E-state index is 0.932. The van der Waals surface area contributed by atoms with Crippen molar-refractivity contribution in [1.29, 1.82) is 0 Å². The lowest BCUT2D eigenvalue weighted by Crippen LogP contribution is -1.72. The SMILES string of the molecule is CC/C=C\c1oc2ccc(S)cc2c1C. The van der Waals surface area contributed by atoms with Crippen LogP contribution in [0.3, 0.4) is 0 Å². The van der Waals surface area contributed by atoms with Gasteiger partial charge in [-0.1, -0.05) is 13.0 Å². The molecule has 2 rings (SSSR count). The van der Waals surface area contributed by atoms with E-state index in [1.807, 2.05) is 24.3 Å². The molecule has 1 aromatic heterocycles. The molecule has 15 heavy (non-hydrogen) atoms. The number of allylic oxidation sites excluding steroid dienone is 1. The monoisotopic (exact) mass is 218 g/mol. The summed E-state index contributed by atoms with van der Waals surface area (Å²) in [5.74, 6) is 0.950. The summed E-state index contributed by atoms with van der Waals surface area (Å²) >= 11 is 4.33. The maximum absolute atomic E-state index is 5.74. The van der Waals surface area contributed by atoms with E-state index in [0.29, 0.717) is 0 Å². The van der Waals surface area contributed by atoms with Gasteiger partial charge in [-0.15, -0.1) is 12.6 Å². The first-order valence-electron chi connectivity index (χ1n) is 5.11. The van der Waals surface area contributed by atoms with Crippen molar-refractivity contribution >= 4 is 29.7 Å². The minimum Gasteiger partial charge on any atom is -0.456 e. The molecule has 0 aliphatic carbocycles. The third kappa shape index (κ3) is 1.95. The number of aryl methyl sites for hydroxylation is 1. The molecule has 0 unspecified atom stereocenters. The van der Waals surface area contributed by atoms with Gasteiger partial charge in [0, 0.05) is 15.8 Å². The molecule has 0 fully saturated rings. The Kier molecular flexibility index (Phi) is 2.87. The van der Waals surface area contributed by atoms with Crippen molar-refractivity contribution < 1.29 is 4.42 Å². The highest BCUT2D eigenvalue weighted by atomic mass is 32.1. The lowest BCUT2D eigenvalue weighted by Gasteiger charge is -1.91. The molecule has 0 bridgehead atoms. The van der Waals surface area contributed by atoms with Crippen LogP contribution in [0.1, 0.15) is 24.7 Å². The lowest BCUT2D eigenvalue weighted by molar-refractivity contribution is 0.601. The van der Waals surface area contributed by atoms with Gasteiger partial charge in [0.1, 0.15) is 11.3 Å². The van der Waals surface area contributed by atoms with Crippen LogP contribution in [0.15, 0.2) is 33.6 Å². The van der Waals surface area contributed by atoms with Crippen LogP contribution >= 0.6 is 12.6 Å². The van der Waals surface area contributed by atoms with Crippen molar-refractivity contribution in [3.05, 3.63) is 35.6 Å². The van der Waals surface area contributed by atoms with E-state index in [1.54, 1.807) is 0 Å². The largest absolute Gasteiger partial charge is 0.456 e. The van der Waals surface area contributed by atoms with Crippen LogP contribution in [0.5, 0.6) is 0 Å².